The van der Waals surface area contributed by atoms with E-state index in [-0.39, 0.29) is 0 Å². The highest BCUT2D eigenvalue weighted by Crippen LogP contribution is 2.40. The van der Waals surface area contributed by atoms with Gasteiger partial charge in [-0.3, -0.25) is 0 Å². The summed E-state index contributed by atoms with van der Waals surface area (Å²) in [4.78, 5) is 0. The van der Waals surface area contributed by atoms with Gasteiger partial charge in [0.05, 0.1) is 0 Å². The van der Waals surface area contributed by atoms with Gasteiger partial charge in [0.2, 0.25) is 0 Å². The average molecular weight is 565 g/mol. The lowest BCUT2D eigenvalue weighted by atomic mass is 9.87. The van der Waals surface area contributed by atoms with Crippen LogP contribution in [0.4, 0.5) is 0 Å². The van der Waals surface area contributed by atoms with E-state index in [1.807, 2.05) is 12.1 Å². The molecule has 0 aliphatic heterocycles. The normalized spacial score (nSPS) is 13.0. The van der Waals surface area contributed by atoms with E-state index in [0.717, 1.165) is 54.6 Å². The first-order valence-electron chi connectivity index (χ1n) is 15.2. The predicted molar refractivity (Wildman–Crippen MR) is 186 cm³/mol. The van der Waals surface area contributed by atoms with Crippen molar-refractivity contribution in [3.63, 3.8) is 0 Å². The smallest absolute Gasteiger partial charge is 0.143 e. The van der Waals surface area contributed by atoms with Crippen molar-refractivity contribution >= 4 is 77.6 Å². The Morgan fingerprint density at radius 1 is 0.409 bits per heavy atom. The Morgan fingerprint density at radius 3 is 1.80 bits per heavy atom. The van der Waals surface area contributed by atoms with Crippen LogP contribution in [0, 0.1) is 0 Å². The van der Waals surface area contributed by atoms with E-state index in [1.54, 1.807) is 0 Å². The molecule has 44 heavy (non-hydrogen) atoms. The zero-order chi connectivity index (χ0) is 29.4. The SMILES string of the molecule is C/C=c1/c(-c2ccccc2)c2ccccc2c(-c2ccc3oc4cc5ccc6c7ccccc7oc6c5cc4c3c2)/c1=C/C. The first-order valence-corrected chi connectivity index (χ1v) is 15.2. The third kappa shape index (κ3) is 3.49. The number of hydrogen-bond acceptors (Lipinski definition) is 2. The molecule has 9 aromatic rings. The fourth-order valence-corrected chi connectivity index (χ4v) is 7.24. The van der Waals surface area contributed by atoms with Gasteiger partial charge in [0.15, 0.2) is 0 Å². The predicted octanol–water partition coefficient (Wildman–Crippen LogP) is 10.7. The van der Waals surface area contributed by atoms with Crippen LogP contribution in [0.3, 0.4) is 0 Å². The summed E-state index contributed by atoms with van der Waals surface area (Å²) in [6.07, 6.45) is 4.51. The number of rotatable bonds is 2. The molecule has 0 fully saturated rings. The van der Waals surface area contributed by atoms with Crippen LogP contribution >= 0.6 is 0 Å². The van der Waals surface area contributed by atoms with Gasteiger partial charge in [-0.2, -0.15) is 0 Å². The number of hydrogen-bond donors (Lipinski definition) is 0. The third-order valence-electron chi connectivity index (χ3n) is 9.17. The fourth-order valence-electron chi connectivity index (χ4n) is 7.24. The van der Waals surface area contributed by atoms with Crippen molar-refractivity contribution < 1.29 is 8.83 Å². The van der Waals surface area contributed by atoms with Gasteiger partial charge in [0.25, 0.3) is 0 Å². The van der Waals surface area contributed by atoms with Crippen molar-refractivity contribution in [2.45, 2.75) is 13.8 Å². The van der Waals surface area contributed by atoms with Crippen molar-refractivity contribution in [1.29, 1.82) is 0 Å². The van der Waals surface area contributed by atoms with E-state index < -0.39 is 0 Å². The molecule has 0 N–H and O–H groups in total. The van der Waals surface area contributed by atoms with Crippen molar-refractivity contribution in [2.75, 3.05) is 0 Å². The van der Waals surface area contributed by atoms with Crippen molar-refractivity contribution in [2.24, 2.45) is 0 Å². The highest BCUT2D eigenvalue weighted by atomic mass is 16.3. The van der Waals surface area contributed by atoms with Gasteiger partial charge in [-0.15, -0.1) is 0 Å². The zero-order valence-corrected chi connectivity index (χ0v) is 24.5. The van der Waals surface area contributed by atoms with Gasteiger partial charge in [-0.1, -0.05) is 97.1 Å². The maximum absolute atomic E-state index is 6.44. The lowest BCUT2D eigenvalue weighted by Crippen LogP contribution is -2.29. The molecule has 2 heterocycles. The molecule has 9 rings (SSSR count). The van der Waals surface area contributed by atoms with Gasteiger partial charge in [0.1, 0.15) is 22.3 Å². The Hall–Kier alpha value is -5.60. The molecule has 0 aliphatic rings. The summed E-state index contributed by atoms with van der Waals surface area (Å²) in [5.41, 5.74) is 8.52. The van der Waals surface area contributed by atoms with E-state index in [4.69, 9.17) is 8.83 Å². The largest absolute Gasteiger partial charge is 0.456 e. The highest BCUT2D eigenvalue weighted by Gasteiger charge is 2.17. The van der Waals surface area contributed by atoms with Crippen molar-refractivity contribution in [3.05, 3.63) is 132 Å². The molecule has 0 saturated heterocycles. The molecule has 208 valence electrons. The van der Waals surface area contributed by atoms with E-state index >= 15 is 0 Å². The molecule has 0 bridgehead atoms. The quantitative estimate of drug-likeness (QED) is 0.209. The highest BCUT2D eigenvalue weighted by molar-refractivity contribution is 6.20. The molecule has 7 aromatic carbocycles. The summed E-state index contributed by atoms with van der Waals surface area (Å²) in [6, 6.07) is 43.2. The van der Waals surface area contributed by atoms with Gasteiger partial charge in [-0.25, -0.2) is 0 Å². The minimum Gasteiger partial charge on any atom is -0.456 e. The molecule has 0 unspecified atom stereocenters. The maximum Gasteiger partial charge on any atom is 0.143 e. The lowest BCUT2D eigenvalue weighted by Gasteiger charge is -2.15. The summed E-state index contributed by atoms with van der Waals surface area (Å²) in [5.74, 6) is 0. The summed E-state index contributed by atoms with van der Waals surface area (Å²) in [6.45, 7) is 4.29. The standard InChI is InChI=1S/C42H28O2/c1-3-28-29(4-2)41(32-16-9-8-15-31(32)40(28)25-12-6-5-7-13-25)27-19-21-38-35(22-27)36-24-34-26(23-39(36)43-38)18-20-33-30-14-10-11-17-37(30)44-42(33)34/h3-24H,1-2H3/b28-3+,29-4+. The first kappa shape index (κ1) is 24.9. The monoisotopic (exact) mass is 564 g/mol. The Balaban J connectivity index is 1.36. The second-order valence-electron chi connectivity index (χ2n) is 11.5. The second kappa shape index (κ2) is 9.45. The Kier molecular flexibility index (Phi) is 5.36. The second-order valence-corrected chi connectivity index (χ2v) is 11.5. The van der Waals surface area contributed by atoms with Crippen LogP contribution in [0.25, 0.3) is 99.8 Å². The number of benzene rings is 7. The molecule has 0 spiro atoms. The summed E-state index contributed by atoms with van der Waals surface area (Å²) in [5, 5.41) is 11.7. The molecular weight excluding hydrogens is 536 g/mol. The van der Waals surface area contributed by atoms with Crippen LogP contribution in [0.15, 0.2) is 130 Å². The molecule has 2 aromatic heterocycles. The zero-order valence-electron chi connectivity index (χ0n) is 24.5. The van der Waals surface area contributed by atoms with E-state index in [0.29, 0.717) is 0 Å². The molecule has 0 atom stereocenters. The van der Waals surface area contributed by atoms with Gasteiger partial charge < -0.3 is 8.83 Å². The molecule has 0 amide bonds. The number of furan rings is 2. The number of para-hydroxylation sites is 1. The van der Waals surface area contributed by atoms with Gasteiger partial charge in [0, 0.05) is 26.9 Å². The van der Waals surface area contributed by atoms with Crippen molar-refractivity contribution in [1.82, 2.24) is 0 Å². The van der Waals surface area contributed by atoms with Crippen LogP contribution in [0.1, 0.15) is 13.8 Å². The molecular formula is C42H28O2. The molecule has 2 nitrogen and oxygen atoms in total. The van der Waals surface area contributed by atoms with Crippen LogP contribution in [0.5, 0.6) is 0 Å². The Labute approximate surface area is 253 Å². The van der Waals surface area contributed by atoms with Gasteiger partial charge >= 0.3 is 0 Å². The van der Waals surface area contributed by atoms with Crippen LogP contribution < -0.4 is 10.4 Å². The fraction of sp³-hybridized carbons (Fsp3) is 0.0476. The van der Waals surface area contributed by atoms with Crippen LogP contribution in [-0.4, -0.2) is 0 Å². The maximum atomic E-state index is 6.44. The topological polar surface area (TPSA) is 26.3 Å². The van der Waals surface area contributed by atoms with E-state index in [2.05, 4.69) is 135 Å². The number of fused-ring (bicyclic) bond motifs is 9. The molecule has 0 radical (unpaired) electrons. The average Bonchev–Trinajstić information content (AvgIpc) is 3.64. The van der Waals surface area contributed by atoms with Gasteiger partial charge in [-0.05, 0) is 99.1 Å². The Morgan fingerprint density at radius 2 is 1.05 bits per heavy atom. The third-order valence-corrected chi connectivity index (χ3v) is 9.17. The minimum atomic E-state index is 0.884. The molecule has 2 heteroatoms. The summed E-state index contributed by atoms with van der Waals surface area (Å²) >= 11 is 0. The lowest BCUT2D eigenvalue weighted by molar-refractivity contribution is 0.669. The first-order chi connectivity index (χ1) is 21.7. The van der Waals surface area contributed by atoms with Crippen LogP contribution in [-0.2, 0) is 0 Å². The Bertz CT molecular complexity index is 2720. The molecule has 0 aliphatic carbocycles. The van der Waals surface area contributed by atoms with Crippen molar-refractivity contribution in [3.8, 4) is 22.3 Å². The molecule has 0 saturated carbocycles. The summed E-state index contributed by atoms with van der Waals surface area (Å²) < 4.78 is 12.9. The van der Waals surface area contributed by atoms with Crippen LogP contribution in [0.2, 0.25) is 0 Å². The van der Waals surface area contributed by atoms with E-state index in [9.17, 15) is 0 Å². The minimum absolute atomic E-state index is 0.884. The summed E-state index contributed by atoms with van der Waals surface area (Å²) in [7, 11) is 0. The van der Waals surface area contributed by atoms with E-state index in [1.165, 1.54) is 43.5 Å².